The zero-order chi connectivity index (χ0) is 29.0. The summed E-state index contributed by atoms with van der Waals surface area (Å²) in [6, 6.07) is 0. The van der Waals surface area contributed by atoms with E-state index >= 15 is 0 Å². The minimum absolute atomic E-state index is 0.165. The number of hydrogen-bond donors (Lipinski definition) is 0. The number of carbonyl (C=O) groups is 4. The summed E-state index contributed by atoms with van der Waals surface area (Å²) in [4.78, 5) is 47.8. The molecule has 0 aromatic heterocycles. The molecule has 0 aliphatic rings. The lowest BCUT2D eigenvalue weighted by Crippen LogP contribution is -2.18. The third-order valence-corrected chi connectivity index (χ3v) is 7.05. The van der Waals surface area contributed by atoms with Gasteiger partial charge in [0, 0.05) is 18.4 Å². The van der Waals surface area contributed by atoms with Gasteiger partial charge in [0.15, 0.2) is 0 Å². The van der Waals surface area contributed by atoms with Crippen LogP contribution in [0.5, 0.6) is 0 Å². The van der Waals surface area contributed by atoms with Gasteiger partial charge in [-0.1, -0.05) is 149 Å². The van der Waals surface area contributed by atoms with Crippen molar-refractivity contribution in [2.24, 2.45) is 0 Å². The topological polar surface area (TPSA) is 86.7 Å². The second-order valence-corrected chi connectivity index (χ2v) is 11.0. The summed E-state index contributed by atoms with van der Waals surface area (Å²) in [5, 5.41) is 0. The first-order valence-corrected chi connectivity index (χ1v) is 16.1. The number of ether oxygens (including phenoxy) is 2. The molecule has 6 heteroatoms. The van der Waals surface area contributed by atoms with Gasteiger partial charge in [-0.05, 0) is 12.8 Å². The van der Waals surface area contributed by atoms with Crippen LogP contribution >= 0.6 is 0 Å². The largest absolute Gasteiger partial charge is 0.393 e. The summed E-state index contributed by atoms with van der Waals surface area (Å²) < 4.78 is 9.56. The third kappa shape index (κ3) is 26.0. The van der Waals surface area contributed by atoms with Gasteiger partial charge in [-0.15, -0.1) is 0 Å². The van der Waals surface area contributed by atoms with E-state index in [1.807, 2.05) is 0 Å². The van der Waals surface area contributed by atoms with Crippen molar-refractivity contribution < 1.29 is 28.7 Å². The van der Waals surface area contributed by atoms with Gasteiger partial charge in [0.05, 0.1) is 6.42 Å². The molecule has 0 saturated heterocycles. The van der Waals surface area contributed by atoms with E-state index in [-0.39, 0.29) is 18.4 Å². The Morgan fingerprint density at radius 3 is 1.10 bits per heavy atom. The molecule has 0 spiro atoms. The molecule has 0 unspecified atom stereocenters. The van der Waals surface area contributed by atoms with E-state index < -0.39 is 30.3 Å². The molecule has 0 amide bonds. The summed E-state index contributed by atoms with van der Waals surface area (Å²) in [7, 11) is 0. The first-order chi connectivity index (χ1) is 18.9. The summed E-state index contributed by atoms with van der Waals surface area (Å²) in [5.74, 6) is -2.98. The van der Waals surface area contributed by atoms with Gasteiger partial charge in [-0.2, -0.15) is 0 Å². The van der Waals surface area contributed by atoms with Crippen molar-refractivity contribution in [3.05, 3.63) is 12.2 Å². The molecule has 0 atom stereocenters. The van der Waals surface area contributed by atoms with E-state index in [0.717, 1.165) is 25.7 Å². The molecule has 6 nitrogen and oxygen atoms in total. The van der Waals surface area contributed by atoms with Gasteiger partial charge in [-0.25, -0.2) is 4.79 Å². The highest BCUT2D eigenvalue weighted by molar-refractivity contribution is 6.00. The quantitative estimate of drug-likeness (QED) is 0.0438. The van der Waals surface area contributed by atoms with E-state index in [1.165, 1.54) is 103 Å². The van der Waals surface area contributed by atoms with Crippen LogP contribution in [0.2, 0.25) is 0 Å². The molecule has 0 radical (unpaired) electrons. The summed E-state index contributed by atoms with van der Waals surface area (Å²) in [5.41, 5.74) is -0.185. The first kappa shape index (κ1) is 37.0. The lowest BCUT2D eigenvalue weighted by Gasteiger charge is -2.06. The SMILES string of the molecule is C=C(CC(=O)OC(=O)CCCCCCCCCCCCC)C(=O)OC(=O)CCCCCCCCCCCCC. The minimum Gasteiger partial charge on any atom is -0.393 e. The molecule has 0 bridgehead atoms. The van der Waals surface area contributed by atoms with Crippen molar-refractivity contribution in [3.8, 4) is 0 Å². The molecular formula is C33H58O6. The summed E-state index contributed by atoms with van der Waals surface area (Å²) in [6.07, 6.45) is 25.7. The molecule has 226 valence electrons. The Labute approximate surface area is 239 Å². The zero-order valence-electron chi connectivity index (χ0n) is 25.3. The van der Waals surface area contributed by atoms with Gasteiger partial charge < -0.3 is 9.47 Å². The van der Waals surface area contributed by atoms with Crippen molar-refractivity contribution >= 4 is 23.9 Å². The summed E-state index contributed by atoms with van der Waals surface area (Å²) >= 11 is 0. The first-order valence-electron chi connectivity index (χ1n) is 16.1. The average molecular weight is 551 g/mol. The fraction of sp³-hybridized carbons (Fsp3) is 0.818. The molecule has 0 N–H and O–H groups in total. The minimum atomic E-state index is -0.933. The van der Waals surface area contributed by atoms with Crippen LogP contribution in [-0.2, 0) is 28.7 Å². The van der Waals surface area contributed by atoms with Gasteiger partial charge in [0.2, 0.25) is 0 Å². The van der Waals surface area contributed by atoms with Crippen LogP contribution in [0.1, 0.15) is 174 Å². The number of hydrogen-bond acceptors (Lipinski definition) is 6. The van der Waals surface area contributed by atoms with Crippen LogP contribution in [-0.4, -0.2) is 23.9 Å². The molecule has 0 aliphatic heterocycles. The number of carbonyl (C=O) groups excluding carboxylic acids is 4. The van der Waals surface area contributed by atoms with Crippen molar-refractivity contribution in [2.75, 3.05) is 0 Å². The van der Waals surface area contributed by atoms with Crippen molar-refractivity contribution in [1.82, 2.24) is 0 Å². The standard InChI is InChI=1S/C33H58O6/c1-4-6-8-10-12-14-16-18-20-22-24-26-30(34)38-32(36)28-29(3)33(37)39-31(35)27-25-23-21-19-17-15-13-11-9-7-5-2/h3-28H2,1-2H3. The second kappa shape index (κ2) is 27.6. The van der Waals surface area contributed by atoms with Crippen LogP contribution in [0.3, 0.4) is 0 Å². The predicted molar refractivity (Wildman–Crippen MR) is 158 cm³/mol. The predicted octanol–water partition coefficient (Wildman–Crippen LogP) is 9.47. The van der Waals surface area contributed by atoms with Gasteiger partial charge in [-0.3, -0.25) is 14.4 Å². The highest BCUT2D eigenvalue weighted by atomic mass is 16.6. The lowest BCUT2D eigenvalue weighted by molar-refractivity contribution is -0.162. The number of unbranched alkanes of at least 4 members (excludes halogenated alkanes) is 20. The van der Waals surface area contributed by atoms with Gasteiger partial charge in [0.25, 0.3) is 0 Å². The normalized spacial score (nSPS) is 10.8. The van der Waals surface area contributed by atoms with E-state index in [1.54, 1.807) is 0 Å². The monoisotopic (exact) mass is 550 g/mol. The molecule has 0 heterocycles. The molecule has 0 fully saturated rings. The fourth-order valence-corrected chi connectivity index (χ4v) is 4.55. The Morgan fingerprint density at radius 1 is 0.436 bits per heavy atom. The van der Waals surface area contributed by atoms with Crippen LogP contribution in [0.15, 0.2) is 12.2 Å². The van der Waals surface area contributed by atoms with Crippen LogP contribution < -0.4 is 0 Å². The van der Waals surface area contributed by atoms with Gasteiger partial charge >= 0.3 is 23.9 Å². The lowest BCUT2D eigenvalue weighted by atomic mass is 10.1. The van der Waals surface area contributed by atoms with E-state index in [0.29, 0.717) is 12.8 Å². The molecular weight excluding hydrogens is 492 g/mol. The highest BCUT2D eigenvalue weighted by Gasteiger charge is 2.19. The number of esters is 4. The van der Waals surface area contributed by atoms with Crippen LogP contribution in [0.4, 0.5) is 0 Å². The van der Waals surface area contributed by atoms with E-state index in [9.17, 15) is 19.2 Å². The van der Waals surface area contributed by atoms with Crippen molar-refractivity contribution in [1.29, 1.82) is 0 Å². The fourth-order valence-electron chi connectivity index (χ4n) is 4.55. The van der Waals surface area contributed by atoms with E-state index in [2.05, 4.69) is 20.4 Å². The Balaban J connectivity index is 3.72. The molecule has 0 aromatic rings. The molecule has 0 aliphatic carbocycles. The second-order valence-electron chi connectivity index (χ2n) is 11.0. The number of rotatable bonds is 27. The Bertz CT molecular complexity index is 669. The molecule has 0 rings (SSSR count). The average Bonchev–Trinajstić information content (AvgIpc) is 2.90. The molecule has 39 heavy (non-hydrogen) atoms. The Hall–Kier alpha value is -1.98. The molecule has 0 aromatic carbocycles. The maximum absolute atomic E-state index is 12.0. The van der Waals surface area contributed by atoms with Crippen LogP contribution in [0.25, 0.3) is 0 Å². The van der Waals surface area contributed by atoms with Crippen LogP contribution in [0, 0.1) is 0 Å². The smallest absolute Gasteiger partial charge is 0.341 e. The zero-order valence-corrected chi connectivity index (χ0v) is 25.3. The molecule has 0 saturated carbocycles. The van der Waals surface area contributed by atoms with Gasteiger partial charge in [0.1, 0.15) is 0 Å². The van der Waals surface area contributed by atoms with Crippen molar-refractivity contribution in [2.45, 2.75) is 174 Å². The highest BCUT2D eigenvalue weighted by Crippen LogP contribution is 2.14. The van der Waals surface area contributed by atoms with Crippen molar-refractivity contribution in [3.63, 3.8) is 0 Å². The maximum atomic E-state index is 12.0. The Kier molecular flexibility index (Phi) is 26.2. The Morgan fingerprint density at radius 2 is 0.744 bits per heavy atom. The summed E-state index contributed by atoms with van der Waals surface area (Å²) in [6.45, 7) is 7.96. The third-order valence-electron chi connectivity index (χ3n) is 7.05. The van der Waals surface area contributed by atoms with E-state index in [4.69, 9.17) is 9.47 Å². The maximum Gasteiger partial charge on any atom is 0.341 e.